The number of halogens is 1. The third-order valence-corrected chi connectivity index (χ3v) is 4.35. The molecule has 1 unspecified atom stereocenters. The fourth-order valence-corrected chi connectivity index (χ4v) is 2.43. The Balaban J connectivity index is 2.09. The SMILES string of the molecule is [CH2+]C1(C)OB(c2cc(F)c3nccc(C)c3c2)OC1(C)C. The van der Waals surface area contributed by atoms with Gasteiger partial charge in [-0.05, 0) is 43.9 Å². The van der Waals surface area contributed by atoms with E-state index in [1.54, 1.807) is 6.20 Å². The molecule has 3 nitrogen and oxygen atoms in total. The number of hydrogen-bond donors (Lipinski definition) is 0. The largest absolute Gasteiger partial charge is 0.498 e. The fourth-order valence-electron chi connectivity index (χ4n) is 2.43. The smallest absolute Gasteiger partial charge is 0.395 e. The second-order valence-corrected chi connectivity index (χ2v) is 6.34. The van der Waals surface area contributed by atoms with Gasteiger partial charge in [-0.3, -0.25) is 4.98 Å². The van der Waals surface area contributed by atoms with Gasteiger partial charge >= 0.3 is 7.12 Å². The minimum absolute atomic E-state index is 0.367. The molecule has 3 rings (SSSR count). The summed E-state index contributed by atoms with van der Waals surface area (Å²) in [6.45, 7) is 11.7. The predicted octanol–water partition coefficient (Wildman–Crippen LogP) is 2.80. The van der Waals surface area contributed by atoms with E-state index >= 15 is 0 Å². The summed E-state index contributed by atoms with van der Waals surface area (Å²) in [6, 6.07) is 5.16. The first-order valence-corrected chi connectivity index (χ1v) is 6.97. The van der Waals surface area contributed by atoms with E-state index in [2.05, 4.69) is 11.9 Å². The average Bonchev–Trinajstić information content (AvgIpc) is 2.60. The Morgan fingerprint density at radius 3 is 2.57 bits per heavy atom. The van der Waals surface area contributed by atoms with E-state index in [0.717, 1.165) is 10.9 Å². The molecular formula is C16H18BFNO2+. The Morgan fingerprint density at radius 1 is 1.24 bits per heavy atom. The van der Waals surface area contributed by atoms with Crippen LogP contribution in [-0.2, 0) is 9.31 Å². The maximum absolute atomic E-state index is 14.3. The van der Waals surface area contributed by atoms with Gasteiger partial charge in [0.2, 0.25) is 5.60 Å². The lowest BCUT2D eigenvalue weighted by molar-refractivity contribution is 0.0262. The summed E-state index contributed by atoms with van der Waals surface area (Å²) in [5.74, 6) is -0.367. The van der Waals surface area contributed by atoms with Crippen LogP contribution in [0.2, 0.25) is 0 Å². The Morgan fingerprint density at radius 2 is 1.95 bits per heavy atom. The third kappa shape index (κ3) is 2.21. The van der Waals surface area contributed by atoms with Crippen molar-refractivity contribution in [3.8, 4) is 0 Å². The molecule has 5 heteroatoms. The molecule has 1 aromatic carbocycles. The quantitative estimate of drug-likeness (QED) is 0.596. The number of fused-ring (bicyclic) bond motifs is 1. The van der Waals surface area contributed by atoms with Crippen LogP contribution >= 0.6 is 0 Å². The standard InChI is InChI=1S/C16H18BFNO2/c1-10-6-7-19-14-12(10)8-11(9-13(14)18)17-20-15(2,3)16(4,5)21-17/h6-9H,2H2,1,3-5H3/q+1. The third-order valence-electron chi connectivity index (χ3n) is 4.35. The molecule has 1 atom stereocenters. The van der Waals surface area contributed by atoms with E-state index in [4.69, 9.17) is 9.31 Å². The maximum atomic E-state index is 14.3. The van der Waals surface area contributed by atoms with Crippen LogP contribution in [0.4, 0.5) is 4.39 Å². The van der Waals surface area contributed by atoms with Gasteiger partial charge in [-0.2, -0.15) is 0 Å². The number of rotatable bonds is 1. The zero-order valence-corrected chi connectivity index (χ0v) is 12.7. The molecule has 108 valence electrons. The first kappa shape index (κ1) is 14.4. The second kappa shape index (κ2) is 4.45. The Labute approximate surface area is 124 Å². The van der Waals surface area contributed by atoms with Crippen molar-refractivity contribution in [2.24, 2.45) is 0 Å². The summed E-state index contributed by atoms with van der Waals surface area (Å²) in [7, 11) is -0.624. The highest BCUT2D eigenvalue weighted by Gasteiger charge is 2.57. The lowest BCUT2D eigenvalue weighted by atomic mass is 9.78. The Kier molecular flexibility index (Phi) is 3.04. The Bertz CT molecular complexity index is 699. The van der Waals surface area contributed by atoms with Crippen molar-refractivity contribution in [2.45, 2.75) is 38.9 Å². The summed E-state index contributed by atoms with van der Waals surface area (Å²) < 4.78 is 26.1. The highest BCUT2D eigenvalue weighted by molar-refractivity contribution is 6.62. The van der Waals surface area contributed by atoms with Crippen LogP contribution < -0.4 is 5.46 Å². The minimum atomic E-state index is -0.687. The normalized spacial score (nSPS) is 24.7. The van der Waals surface area contributed by atoms with Gasteiger partial charge in [-0.1, -0.05) is 6.07 Å². The molecule has 0 aliphatic carbocycles. The van der Waals surface area contributed by atoms with Gasteiger partial charge in [0.15, 0.2) is 0 Å². The van der Waals surface area contributed by atoms with Gasteiger partial charge in [0.25, 0.3) is 0 Å². The lowest BCUT2D eigenvalue weighted by Crippen LogP contribution is -2.42. The molecule has 0 saturated carbocycles. The predicted molar refractivity (Wildman–Crippen MR) is 81.8 cm³/mol. The summed E-state index contributed by atoms with van der Waals surface area (Å²) in [6.07, 6.45) is 1.61. The summed E-state index contributed by atoms with van der Waals surface area (Å²) >= 11 is 0. The molecule has 0 radical (unpaired) electrons. The molecule has 0 spiro atoms. The first-order valence-electron chi connectivity index (χ1n) is 6.97. The number of benzene rings is 1. The van der Waals surface area contributed by atoms with Crippen molar-refractivity contribution in [2.75, 3.05) is 0 Å². The van der Waals surface area contributed by atoms with Crippen LogP contribution in [0.15, 0.2) is 24.4 Å². The number of pyridine rings is 1. The molecular weight excluding hydrogens is 268 g/mol. The molecule has 1 saturated heterocycles. The summed E-state index contributed by atoms with van der Waals surface area (Å²) in [5.41, 5.74) is 0.750. The van der Waals surface area contributed by atoms with Crippen LogP contribution in [0.5, 0.6) is 0 Å². The molecule has 1 fully saturated rings. The molecule has 2 heterocycles. The molecule has 1 aliphatic heterocycles. The molecule has 1 aliphatic rings. The number of aryl methyl sites for hydroxylation is 1. The van der Waals surface area contributed by atoms with Crippen molar-refractivity contribution in [1.29, 1.82) is 0 Å². The van der Waals surface area contributed by atoms with Gasteiger partial charge in [0.05, 0.1) is 6.92 Å². The first-order chi connectivity index (χ1) is 9.71. The number of aromatic nitrogens is 1. The molecule has 0 bridgehead atoms. The van der Waals surface area contributed by atoms with E-state index in [-0.39, 0.29) is 5.82 Å². The van der Waals surface area contributed by atoms with E-state index in [1.165, 1.54) is 6.07 Å². The van der Waals surface area contributed by atoms with Crippen LogP contribution in [0, 0.1) is 19.7 Å². The van der Waals surface area contributed by atoms with Crippen molar-refractivity contribution in [3.63, 3.8) is 0 Å². The second-order valence-electron chi connectivity index (χ2n) is 6.34. The van der Waals surface area contributed by atoms with Gasteiger partial charge in [0.1, 0.15) is 16.9 Å². The van der Waals surface area contributed by atoms with Gasteiger partial charge < -0.3 is 9.31 Å². The molecule has 0 amide bonds. The fraction of sp³-hybridized carbons (Fsp3) is 0.375. The highest BCUT2D eigenvalue weighted by atomic mass is 19.1. The van der Waals surface area contributed by atoms with Crippen molar-refractivity contribution < 1.29 is 13.7 Å². The Hall–Kier alpha value is -1.59. The number of hydrogen-bond acceptors (Lipinski definition) is 3. The van der Waals surface area contributed by atoms with Crippen LogP contribution in [-0.4, -0.2) is 23.3 Å². The maximum Gasteiger partial charge on any atom is 0.498 e. The number of nitrogens with zero attached hydrogens (tertiary/aromatic N) is 1. The van der Waals surface area contributed by atoms with Crippen molar-refractivity contribution >= 4 is 23.5 Å². The van der Waals surface area contributed by atoms with Crippen LogP contribution in [0.25, 0.3) is 10.9 Å². The molecule has 2 aromatic rings. The topological polar surface area (TPSA) is 31.4 Å². The van der Waals surface area contributed by atoms with E-state index in [0.29, 0.717) is 11.0 Å². The minimum Gasteiger partial charge on any atom is -0.395 e. The van der Waals surface area contributed by atoms with E-state index in [9.17, 15) is 4.39 Å². The van der Waals surface area contributed by atoms with Gasteiger partial charge in [-0.25, -0.2) is 4.39 Å². The molecule has 1 aromatic heterocycles. The molecule has 21 heavy (non-hydrogen) atoms. The monoisotopic (exact) mass is 286 g/mol. The van der Waals surface area contributed by atoms with Crippen LogP contribution in [0.3, 0.4) is 0 Å². The zero-order chi connectivity index (χ0) is 15.4. The highest BCUT2D eigenvalue weighted by Crippen LogP contribution is 2.36. The van der Waals surface area contributed by atoms with Crippen LogP contribution in [0.1, 0.15) is 26.3 Å². The van der Waals surface area contributed by atoms with E-state index < -0.39 is 18.3 Å². The van der Waals surface area contributed by atoms with Gasteiger partial charge in [-0.15, -0.1) is 0 Å². The summed E-state index contributed by atoms with van der Waals surface area (Å²) in [4.78, 5) is 4.10. The van der Waals surface area contributed by atoms with E-state index in [1.807, 2.05) is 39.8 Å². The average molecular weight is 286 g/mol. The van der Waals surface area contributed by atoms with Gasteiger partial charge in [0, 0.05) is 18.5 Å². The van der Waals surface area contributed by atoms with Crippen molar-refractivity contribution in [3.05, 3.63) is 42.7 Å². The molecule has 0 N–H and O–H groups in total. The zero-order valence-electron chi connectivity index (χ0n) is 12.7. The van der Waals surface area contributed by atoms with Crippen molar-refractivity contribution in [1.82, 2.24) is 4.98 Å². The summed E-state index contributed by atoms with van der Waals surface area (Å²) in [5, 5.41) is 0.773. The lowest BCUT2D eigenvalue weighted by Gasteiger charge is -2.25.